The zero-order valence-electron chi connectivity index (χ0n) is 10.2. The van der Waals surface area contributed by atoms with Gasteiger partial charge in [0.2, 0.25) is 0 Å². The van der Waals surface area contributed by atoms with E-state index in [4.69, 9.17) is 20.9 Å². The number of rotatable bonds is 2. The zero-order chi connectivity index (χ0) is 12.3. The molecule has 0 atom stereocenters. The average molecular weight is 251 g/mol. The van der Waals surface area contributed by atoms with E-state index in [9.17, 15) is 0 Å². The van der Waals surface area contributed by atoms with Crippen molar-refractivity contribution in [3.63, 3.8) is 0 Å². The first-order valence-electron chi connectivity index (χ1n) is 5.72. The standard InChI is InChI=1S/C13H16BClO2/c1-13(2)9-16-14(17-10-13)8-7-11-3-5-12(15)6-4-11/h3-8H,9-10H2,1-2H3/b8-7-. The van der Waals surface area contributed by atoms with Crippen molar-refractivity contribution in [2.75, 3.05) is 13.2 Å². The van der Waals surface area contributed by atoms with Crippen LogP contribution in [0.4, 0.5) is 0 Å². The summed E-state index contributed by atoms with van der Waals surface area (Å²) < 4.78 is 11.2. The molecule has 1 aliphatic heterocycles. The van der Waals surface area contributed by atoms with Gasteiger partial charge in [-0.3, -0.25) is 0 Å². The summed E-state index contributed by atoms with van der Waals surface area (Å²) in [6.07, 6.45) is 1.99. The average Bonchev–Trinajstić information content (AvgIpc) is 2.30. The number of hydrogen-bond acceptors (Lipinski definition) is 2. The van der Waals surface area contributed by atoms with Gasteiger partial charge in [0.25, 0.3) is 0 Å². The predicted octanol–water partition coefficient (Wildman–Crippen LogP) is 3.45. The van der Waals surface area contributed by atoms with Crippen LogP contribution in [0.2, 0.25) is 5.02 Å². The van der Waals surface area contributed by atoms with E-state index in [0.717, 1.165) is 23.8 Å². The van der Waals surface area contributed by atoms with Crippen molar-refractivity contribution in [1.82, 2.24) is 0 Å². The van der Waals surface area contributed by atoms with Crippen LogP contribution in [-0.2, 0) is 9.31 Å². The van der Waals surface area contributed by atoms with Crippen molar-refractivity contribution in [2.24, 2.45) is 5.41 Å². The first-order valence-corrected chi connectivity index (χ1v) is 6.10. The Hall–Kier alpha value is -0.765. The van der Waals surface area contributed by atoms with Crippen LogP contribution >= 0.6 is 11.6 Å². The second-order valence-electron chi connectivity index (χ2n) is 5.07. The molecule has 1 aliphatic rings. The van der Waals surface area contributed by atoms with Gasteiger partial charge in [0.15, 0.2) is 0 Å². The molecule has 0 aliphatic carbocycles. The van der Waals surface area contributed by atoms with Crippen LogP contribution in [0.5, 0.6) is 0 Å². The molecule has 2 rings (SSSR count). The lowest BCUT2D eigenvalue weighted by molar-refractivity contribution is 0.0337. The fraction of sp³-hybridized carbons (Fsp3) is 0.385. The second kappa shape index (κ2) is 5.26. The van der Waals surface area contributed by atoms with Crippen LogP contribution in [0, 0.1) is 5.41 Å². The van der Waals surface area contributed by atoms with Gasteiger partial charge in [-0.05, 0) is 17.7 Å². The Morgan fingerprint density at radius 3 is 2.35 bits per heavy atom. The molecule has 0 unspecified atom stereocenters. The third-order valence-electron chi connectivity index (χ3n) is 2.59. The minimum Gasteiger partial charge on any atom is -0.407 e. The molecule has 17 heavy (non-hydrogen) atoms. The first kappa shape index (κ1) is 12.7. The molecule has 0 amide bonds. The van der Waals surface area contributed by atoms with Gasteiger partial charge in [-0.15, -0.1) is 0 Å². The maximum Gasteiger partial charge on any atom is 0.486 e. The Balaban J connectivity index is 1.91. The van der Waals surface area contributed by atoms with E-state index < -0.39 is 0 Å². The molecule has 4 heteroatoms. The maximum absolute atomic E-state index is 5.82. The molecule has 2 nitrogen and oxygen atoms in total. The van der Waals surface area contributed by atoms with Crippen molar-refractivity contribution >= 4 is 24.8 Å². The quantitative estimate of drug-likeness (QED) is 0.749. The van der Waals surface area contributed by atoms with E-state index in [1.54, 1.807) is 0 Å². The van der Waals surface area contributed by atoms with Crippen molar-refractivity contribution in [1.29, 1.82) is 0 Å². The van der Waals surface area contributed by atoms with Crippen molar-refractivity contribution in [3.8, 4) is 0 Å². The molecule has 1 aromatic carbocycles. The second-order valence-corrected chi connectivity index (χ2v) is 5.50. The van der Waals surface area contributed by atoms with Crippen LogP contribution in [0.1, 0.15) is 19.4 Å². The van der Waals surface area contributed by atoms with Crippen LogP contribution in [-0.4, -0.2) is 20.3 Å². The highest BCUT2D eigenvalue weighted by Gasteiger charge is 2.30. The van der Waals surface area contributed by atoms with E-state index >= 15 is 0 Å². The summed E-state index contributed by atoms with van der Waals surface area (Å²) in [6.45, 7) is 5.71. The van der Waals surface area contributed by atoms with E-state index in [1.165, 1.54) is 0 Å². The highest BCUT2D eigenvalue weighted by molar-refractivity contribution is 6.51. The molecule has 1 aromatic rings. The molecule has 0 saturated carbocycles. The van der Waals surface area contributed by atoms with Crippen LogP contribution in [0.15, 0.2) is 30.2 Å². The summed E-state index contributed by atoms with van der Waals surface area (Å²) >= 11 is 5.82. The summed E-state index contributed by atoms with van der Waals surface area (Å²) in [5, 5.41) is 0.745. The third-order valence-corrected chi connectivity index (χ3v) is 2.84. The summed E-state index contributed by atoms with van der Waals surface area (Å²) in [4.78, 5) is 0. The summed E-state index contributed by atoms with van der Waals surface area (Å²) in [5.41, 5.74) is 1.20. The molecule has 1 heterocycles. The third kappa shape index (κ3) is 3.88. The Morgan fingerprint density at radius 2 is 1.76 bits per heavy atom. The van der Waals surface area contributed by atoms with Gasteiger partial charge in [-0.25, -0.2) is 0 Å². The molecular formula is C13H16BClO2. The van der Waals surface area contributed by atoms with Crippen molar-refractivity contribution in [3.05, 3.63) is 40.8 Å². The Bertz CT molecular complexity index is 390. The fourth-order valence-electron chi connectivity index (χ4n) is 1.58. The van der Waals surface area contributed by atoms with Gasteiger partial charge in [0, 0.05) is 23.7 Å². The first-order chi connectivity index (χ1) is 8.05. The predicted molar refractivity (Wildman–Crippen MR) is 71.9 cm³/mol. The molecule has 0 N–H and O–H groups in total. The maximum atomic E-state index is 5.82. The van der Waals surface area contributed by atoms with Gasteiger partial charge in [-0.2, -0.15) is 0 Å². The molecule has 0 spiro atoms. The highest BCUT2D eigenvalue weighted by Crippen LogP contribution is 2.22. The van der Waals surface area contributed by atoms with Gasteiger partial charge in [0.05, 0.1) is 0 Å². The molecule has 0 bridgehead atoms. The van der Waals surface area contributed by atoms with Crippen LogP contribution < -0.4 is 0 Å². The molecule has 1 fully saturated rings. The molecule has 1 saturated heterocycles. The molecule has 0 radical (unpaired) electrons. The lowest BCUT2D eigenvalue weighted by atomic mass is 9.83. The van der Waals surface area contributed by atoms with E-state index in [0.29, 0.717) is 0 Å². The Kier molecular flexibility index (Phi) is 3.92. The van der Waals surface area contributed by atoms with Crippen molar-refractivity contribution < 1.29 is 9.31 Å². The van der Waals surface area contributed by atoms with Crippen LogP contribution in [0.3, 0.4) is 0 Å². The van der Waals surface area contributed by atoms with Gasteiger partial charge < -0.3 is 9.31 Å². The largest absolute Gasteiger partial charge is 0.486 e. The zero-order valence-corrected chi connectivity index (χ0v) is 10.9. The summed E-state index contributed by atoms with van der Waals surface area (Å²) in [7, 11) is -0.237. The molecule has 0 aromatic heterocycles. The Morgan fingerprint density at radius 1 is 1.18 bits per heavy atom. The minimum absolute atomic E-state index is 0.116. The summed E-state index contributed by atoms with van der Waals surface area (Å²) in [5.74, 6) is 1.93. The van der Waals surface area contributed by atoms with Crippen LogP contribution in [0.25, 0.3) is 6.08 Å². The van der Waals surface area contributed by atoms with Gasteiger partial charge >= 0.3 is 7.12 Å². The van der Waals surface area contributed by atoms with Gasteiger partial charge in [-0.1, -0.05) is 49.6 Å². The lowest BCUT2D eigenvalue weighted by Crippen LogP contribution is -2.39. The molecule has 90 valence electrons. The SMILES string of the molecule is CC1(C)COB(/C=C\c2ccc(Cl)cc2)OC1. The van der Waals surface area contributed by atoms with E-state index in [1.807, 2.05) is 36.3 Å². The Labute approximate surface area is 108 Å². The summed E-state index contributed by atoms with van der Waals surface area (Å²) in [6, 6.07) is 7.66. The topological polar surface area (TPSA) is 18.5 Å². The normalized spacial score (nSPS) is 19.8. The monoisotopic (exact) mass is 250 g/mol. The highest BCUT2D eigenvalue weighted by atomic mass is 35.5. The number of hydrogen-bond donors (Lipinski definition) is 0. The van der Waals surface area contributed by atoms with E-state index in [-0.39, 0.29) is 12.5 Å². The fourth-order valence-corrected chi connectivity index (χ4v) is 1.71. The molecular weight excluding hydrogens is 234 g/mol. The smallest absolute Gasteiger partial charge is 0.407 e. The number of benzene rings is 1. The lowest BCUT2D eigenvalue weighted by Gasteiger charge is -2.31. The minimum atomic E-state index is -0.237. The van der Waals surface area contributed by atoms with Crippen molar-refractivity contribution in [2.45, 2.75) is 13.8 Å². The van der Waals surface area contributed by atoms with E-state index in [2.05, 4.69) is 13.8 Å². The van der Waals surface area contributed by atoms with Gasteiger partial charge in [0.1, 0.15) is 0 Å². The number of halogens is 1.